The van der Waals surface area contributed by atoms with Crippen molar-refractivity contribution >= 4 is 46.8 Å². The summed E-state index contributed by atoms with van der Waals surface area (Å²) >= 11 is 11.8. The minimum absolute atomic E-state index is 0.118. The maximum Gasteiger partial charge on any atom is 0.325 e. The van der Waals surface area contributed by atoms with Gasteiger partial charge in [0.25, 0.3) is 11.8 Å². The fourth-order valence-electron chi connectivity index (χ4n) is 2.37. The summed E-state index contributed by atoms with van der Waals surface area (Å²) in [5, 5.41) is 5.42. The van der Waals surface area contributed by atoms with Crippen LogP contribution >= 0.6 is 23.2 Å². The van der Waals surface area contributed by atoms with Gasteiger partial charge in [0, 0.05) is 5.56 Å². The Hall–Kier alpha value is -2.64. The molecule has 0 saturated carbocycles. The number of anilines is 1. The average molecular weight is 424 g/mol. The molecule has 0 aliphatic carbocycles. The highest BCUT2D eigenvalue weighted by Gasteiger charge is 2.14. The fourth-order valence-corrected chi connectivity index (χ4v) is 2.78. The predicted octanol–water partition coefficient (Wildman–Crippen LogP) is 3.23. The fraction of sp³-hybridized carbons (Fsp3) is 0.263. The van der Waals surface area contributed by atoms with Crippen molar-refractivity contribution in [3.05, 3.63) is 56.7 Å². The molecule has 9 heteroatoms. The first-order valence-corrected chi connectivity index (χ1v) is 9.06. The molecule has 0 saturated heterocycles. The van der Waals surface area contributed by atoms with Crippen molar-refractivity contribution in [2.24, 2.45) is 0 Å². The van der Waals surface area contributed by atoms with Crippen LogP contribution in [0.25, 0.3) is 0 Å². The third-order valence-corrected chi connectivity index (χ3v) is 4.27. The van der Waals surface area contributed by atoms with Gasteiger partial charge in [0.2, 0.25) is 0 Å². The Morgan fingerprint density at radius 2 is 1.64 bits per heavy atom. The number of aryl methyl sites for hydroxylation is 3. The molecule has 7 nitrogen and oxygen atoms in total. The highest BCUT2D eigenvalue weighted by molar-refractivity contribution is 6.36. The van der Waals surface area contributed by atoms with Gasteiger partial charge in [-0.25, -0.2) is 4.98 Å². The van der Waals surface area contributed by atoms with E-state index in [0.29, 0.717) is 16.3 Å². The van der Waals surface area contributed by atoms with Gasteiger partial charge >= 0.3 is 5.97 Å². The number of nitrogens with one attached hydrogen (secondary N) is 2. The zero-order valence-electron chi connectivity index (χ0n) is 15.6. The van der Waals surface area contributed by atoms with E-state index in [9.17, 15) is 14.4 Å². The molecule has 0 unspecified atom stereocenters. The summed E-state index contributed by atoms with van der Waals surface area (Å²) in [7, 11) is 0. The highest BCUT2D eigenvalue weighted by atomic mass is 35.5. The van der Waals surface area contributed by atoms with Gasteiger partial charge in [-0.15, -0.1) is 0 Å². The van der Waals surface area contributed by atoms with Crippen molar-refractivity contribution in [3.8, 4) is 0 Å². The van der Waals surface area contributed by atoms with Crippen LogP contribution in [0, 0.1) is 20.8 Å². The summed E-state index contributed by atoms with van der Waals surface area (Å²) in [6, 6.07) is 6.82. The summed E-state index contributed by atoms with van der Waals surface area (Å²) in [6.45, 7) is 4.50. The van der Waals surface area contributed by atoms with E-state index in [2.05, 4.69) is 15.6 Å². The van der Waals surface area contributed by atoms with Crippen LogP contribution < -0.4 is 10.6 Å². The molecule has 0 aliphatic rings. The van der Waals surface area contributed by atoms with E-state index < -0.39 is 24.4 Å². The van der Waals surface area contributed by atoms with Crippen molar-refractivity contribution < 1.29 is 19.1 Å². The van der Waals surface area contributed by atoms with Crippen LogP contribution in [0.15, 0.2) is 24.3 Å². The monoisotopic (exact) mass is 423 g/mol. The number of aromatic nitrogens is 1. The van der Waals surface area contributed by atoms with E-state index in [1.54, 1.807) is 19.1 Å². The van der Waals surface area contributed by atoms with E-state index in [1.807, 2.05) is 19.9 Å². The van der Waals surface area contributed by atoms with Gasteiger partial charge in [-0.1, -0.05) is 40.4 Å². The summed E-state index contributed by atoms with van der Waals surface area (Å²) < 4.78 is 4.84. The lowest BCUT2D eigenvalue weighted by Crippen LogP contribution is -2.32. The molecule has 0 bridgehead atoms. The molecule has 148 valence electrons. The minimum Gasteiger partial charge on any atom is -0.454 e. The second-order valence-electron chi connectivity index (χ2n) is 6.15. The van der Waals surface area contributed by atoms with Crippen molar-refractivity contribution in [2.75, 3.05) is 18.5 Å². The Labute approximate surface area is 172 Å². The Balaban J connectivity index is 1.81. The Morgan fingerprint density at radius 3 is 2.29 bits per heavy atom. The van der Waals surface area contributed by atoms with Crippen molar-refractivity contribution in [1.82, 2.24) is 10.3 Å². The second kappa shape index (κ2) is 9.52. The highest BCUT2D eigenvalue weighted by Crippen LogP contribution is 2.25. The molecule has 0 spiro atoms. The number of nitrogens with zero attached hydrogens (tertiary/aromatic N) is 1. The van der Waals surface area contributed by atoms with Crippen LogP contribution in [-0.4, -0.2) is 35.9 Å². The predicted molar refractivity (Wildman–Crippen MR) is 107 cm³/mol. The molecule has 2 aromatic rings. The van der Waals surface area contributed by atoms with Gasteiger partial charge in [-0.05, 0) is 39.0 Å². The van der Waals surface area contributed by atoms with E-state index in [1.165, 1.54) is 6.07 Å². The molecule has 0 atom stereocenters. The van der Waals surface area contributed by atoms with Gasteiger partial charge in [0.1, 0.15) is 6.54 Å². The molecule has 2 N–H and O–H groups in total. The molecule has 0 radical (unpaired) electrons. The number of carbonyl (C=O) groups excluding carboxylic acids is 3. The third-order valence-electron chi connectivity index (χ3n) is 3.60. The smallest absolute Gasteiger partial charge is 0.325 e. The van der Waals surface area contributed by atoms with E-state index >= 15 is 0 Å². The van der Waals surface area contributed by atoms with Crippen molar-refractivity contribution in [3.63, 3.8) is 0 Å². The molecule has 2 rings (SSSR count). The zero-order chi connectivity index (χ0) is 20.8. The maximum absolute atomic E-state index is 12.1. The molecular formula is C19H19Cl2N3O4. The number of benzene rings is 1. The average Bonchev–Trinajstić information content (AvgIpc) is 2.61. The summed E-state index contributed by atoms with van der Waals surface area (Å²) in [6.07, 6.45) is 0. The molecular weight excluding hydrogens is 405 g/mol. The Morgan fingerprint density at radius 1 is 1.00 bits per heavy atom. The SMILES string of the molecule is Cc1cc(C)cc(C(=O)NCC(=O)OCC(=O)Nc2nc(C)c(Cl)cc2Cl)c1. The topological polar surface area (TPSA) is 97.4 Å². The Kier molecular flexibility index (Phi) is 7.37. The number of pyridine rings is 1. The lowest BCUT2D eigenvalue weighted by Gasteiger charge is -2.10. The normalized spacial score (nSPS) is 10.3. The molecule has 1 aromatic carbocycles. The lowest BCUT2D eigenvalue weighted by molar-refractivity contribution is -0.146. The third kappa shape index (κ3) is 6.21. The number of hydrogen-bond donors (Lipinski definition) is 2. The standard InChI is InChI=1S/C19H19Cl2N3O4/c1-10-4-11(2)6-13(5-10)19(27)22-8-17(26)28-9-16(25)24-18-15(21)7-14(20)12(3)23-18/h4-7H,8-9H2,1-3H3,(H,22,27)(H,23,24,25). The van der Waals surface area contributed by atoms with E-state index in [4.69, 9.17) is 27.9 Å². The first kappa shape index (κ1) is 21.7. The van der Waals surface area contributed by atoms with Gasteiger partial charge in [-0.2, -0.15) is 0 Å². The molecule has 2 amide bonds. The van der Waals surface area contributed by atoms with Crippen LogP contribution in [0.1, 0.15) is 27.2 Å². The van der Waals surface area contributed by atoms with Crippen LogP contribution in [0.4, 0.5) is 5.82 Å². The summed E-state index contributed by atoms with van der Waals surface area (Å²) in [5.74, 6) is -1.65. The van der Waals surface area contributed by atoms with Gasteiger partial charge in [0.15, 0.2) is 12.4 Å². The number of hydrogen-bond acceptors (Lipinski definition) is 5. The first-order chi connectivity index (χ1) is 13.2. The number of ether oxygens (including phenoxy) is 1. The van der Waals surface area contributed by atoms with Crippen LogP contribution in [-0.2, 0) is 14.3 Å². The summed E-state index contributed by atoms with van der Waals surface area (Å²) in [4.78, 5) is 39.8. The van der Waals surface area contributed by atoms with Crippen molar-refractivity contribution in [2.45, 2.75) is 20.8 Å². The molecule has 1 aromatic heterocycles. The Bertz CT molecular complexity index is 911. The molecule has 28 heavy (non-hydrogen) atoms. The van der Waals surface area contributed by atoms with Crippen molar-refractivity contribution in [1.29, 1.82) is 0 Å². The number of halogens is 2. The largest absolute Gasteiger partial charge is 0.454 e. The quantitative estimate of drug-likeness (QED) is 0.694. The van der Waals surface area contributed by atoms with E-state index in [0.717, 1.165) is 11.1 Å². The number of rotatable bonds is 6. The van der Waals surface area contributed by atoms with Crippen LogP contribution in [0.2, 0.25) is 10.0 Å². The van der Waals surface area contributed by atoms with Gasteiger partial charge in [-0.3, -0.25) is 14.4 Å². The van der Waals surface area contributed by atoms with E-state index in [-0.39, 0.29) is 17.4 Å². The summed E-state index contributed by atoms with van der Waals surface area (Å²) in [5.41, 5.74) is 2.82. The second-order valence-corrected chi connectivity index (χ2v) is 6.97. The van der Waals surface area contributed by atoms with Crippen LogP contribution in [0.5, 0.6) is 0 Å². The first-order valence-electron chi connectivity index (χ1n) is 8.30. The lowest BCUT2D eigenvalue weighted by atomic mass is 10.1. The molecule has 0 aliphatic heterocycles. The van der Waals surface area contributed by atoms with Gasteiger partial charge in [0.05, 0.1) is 15.7 Å². The maximum atomic E-state index is 12.1. The van der Waals surface area contributed by atoms with Gasteiger partial charge < -0.3 is 15.4 Å². The number of amides is 2. The van der Waals surface area contributed by atoms with Crippen LogP contribution in [0.3, 0.4) is 0 Å². The minimum atomic E-state index is -0.751. The number of carbonyl (C=O) groups is 3. The zero-order valence-corrected chi connectivity index (χ0v) is 17.1. The molecule has 0 fully saturated rings. The number of esters is 1. The molecule has 1 heterocycles.